The molecule has 1 aromatic carbocycles. The summed E-state index contributed by atoms with van der Waals surface area (Å²) in [6.45, 7) is 6.53. The second kappa shape index (κ2) is 7.87. The standard InChI is InChI=1S/C22H22N4O3S/c1-5-25-14(3)16(12-23-25)11-17-20(27)26-19(15-9-7-6-8-10-15)18(21(28)29-4)13(2)24-22(26)30-17/h6-12,19H,5H2,1-4H3/t19-/m1/s1. The van der Waals surface area contributed by atoms with Gasteiger partial charge in [-0.15, -0.1) is 0 Å². The molecular weight excluding hydrogens is 400 g/mol. The van der Waals surface area contributed by atoms with Gasteiger partial charge in [0.25, 0.3) is 5.56 Å². The van der Waals surface area contributed by atoms with Crippen LogP contribution in [0.3, 0.4) is 0 Å². The van der Waals surface area contributed by atoms with E-state index in [9.17, 15) is 9.59 Å². The van der Waals surface area contributed by atoms with Gasteiger partial charge >= 0.3 is 5.97 Å². The van der Waals surface area contributed by atoms with E-state index in [0.717, 1.165) is 23.4 Å². The van der Waals surface area contributed by atoms with Gasteiger partial charge in [0.05, 0.1) is 35.2 Å². The summed E-state index contributed by atoms with van der Waals surface area (Å²) in [4.78, 5) is 31.1. The van der Waals surface area contributed by atoms with Crippen molar-refractivity contribution in [2.45, 2.75) is 33.4 Å². The average molecular weight is 423 g/mol. The van der Waals surface area contributed by atoms with Gasteiger partial charge in [0.1, 0.15) is 0 Å². The molecular formula is C22H22N4O3S. The second-order valence-electron chi connectivity index (χ2n) is 6.99. The van der Waals surface area contributed by atoms with Crippen LogP contribution in [0, 0.1) is 6.92 Å². The number of aryl methyl sites for hydroxylation is 1. The number of carbonyl (C=O) groups excluding carboxylic acids is 1. The molecule has 1 aliphatic rings. The summed E-state index contributed by atoms with van der Waals surface area (Å²) in [6, 6.07) is 8.89. The lowest BCUT2D eigenvalue weighted by Gasteiger charge is -2.24. The number of methoxy groups -OCH3 is 1. The number of rotatable bonds is 4. The number of aromatic nitrogens is 3. The molecule has 0 saturated carbocycles. The summed E-state index contributed by atoms with van der Waals surface area (Å²) in [5, 5.41) is 4.35. The first-order chi connectivity index (χ1) is 14.5. The van der Waals surface area contributed by atoms with Gasteiger partial charge in [0.2, 0.25) is 0 Å². The second-order valence-corrected chi connectivity index (χ2v) is 7.99. The van der Waals surface area contributed by atoms with Crippen molar-refractivity contribution in [2.75, 3.05) is 7.11 Å². The summed E-state index contributed by atoms with van der Waals surface area (Å²) < 4.78 is 9.03. The maximum absolute atomic E-state index is 13.4. The molecule has 0 spiro atoms. The smallest absolute Gasteiger partial charge is 0.338 e. The Morgan fingerprint density at radius 1 is 1.27 bits per heavy atom. The highest BCUT2D eigenvalue weighted by atomic mass is 32.1. The van der Waals surface area contributed by atoms with Crippen LogP contribution >= 0.6 is 11.3 Å². The minimum absolute atomic E-state index is 0.190. The summed E-state index contributed by atoms with van der Waals surface area (Å²) >= 11 is 1.31. The zero-order valence-corrected chi connectivity index (χ0v) is 18.1. The van der Waals surface area contributed by atoms with Gasteiger partial charge in [0, 0.05) is 17.8 Å². The van der Waals surface area contributed by atoms with E-state index >= 15 is 0 Å². The van der Waals surface area contributed by atoms with Crippen molar-refractivity contribution < 1.29 is 9.53 Å². The number of benzene rings is 1. The predicted molar refractivity (Wildman–Crippen MR) is 115 cm³/mol. The summed E-state index contributed by atoms with van der Waals surface area (Å²) in [5.74, 6) is -0.487. The first kappa shape index (κ1) is 20.0. The molecule has 3 aromatic rings. The zero-order valence-electron chi connectivity index (χ0n) is 17.2. The number of ether oxygens (including phenoxy) is 1. The number of fused-ring (bicyclic) bond motifs is 1. The Labute approximate surface area is 177 Å². The summed E-state index contributed by atoms with van der Waals surface area (Å²) in [5.41, 5.74) is 3.45. The molecule has 30 heavy (non-hydrogen) atoms. The molecule has 154 valence electrons. The topological polar surface area (TPSA) is 78.5 Å². The van der Waals surface area contributed by atoms with Gasteiger partial charge in [-0.25, -0.2) is 9.79 Å². The Morgan fingerprint density at radius 2 is 2.00 bits per heavy atom. The summed E-state index contributed by atoms with van der Waals surface area (Å²) in [7, 11) is 1.34. The molecule has 8 heteroatoms. The van der Waals surface area contributed by atoms with Gasteiger partial charge in [-0.2, -0.15) is 5.10 Å². The van der Waals surface area contributed by atoms with Crippen molar-refractivity contribution in [2.24, 2.45) is 4.99 Å². The van der Waals surface area contributed by atoms with Gasteiger partial charge in [0.15, 0.2) is 4.80 Å². The fourth-order valence-electron chi connectivity index (χ4n) is 3.71. The Morgan fingerprint density at radius 3 is 2.63 bits per heavy atom. The van der Waals surface area contributed by atoms with Gasteiger partial charge < -0.3 is 4.74 Å². The maximum atomic E-state index is 13.4. The molecule has 2 aromatic heterocycles. The van der Waals surface area contributed by atoms with Crippen molar-refractivity contribution in [3.63, 3.8) is 0 Å². The highest BCUT2D eigenvalue weighted by molar-refractivity contribution is 7.07. The van der Waals surface area contributed by atoms with Crippen LogP contribution < -0.4 is 14.9 Å². The van der Waals surface area contributed by atoms with Crippen molar-refractivity contribution in [3.05, 3.63) is 84.3 Å². The Kier molecular flexibility index (Phi) is 5.26. The number of thiazole rings is 1. The lowest BCUT2D eigenvalue weighted by molar-refractivity contribution is -0.136. The molecule has 0 amide bonds. The van der Waals surface area contributed by atoms with Crippen LogP contribution in [0.15, 0.2) is 57.6 Å². The molecule has 0 radical (unpaired) electrons. The van der Waals surface area contributed by atoms with Crippen LogP contribution in [0.4, 0.5) is 0 Å². The molecule has 0 fully saturated rings. The van der Waals surface area contributed by atoms with Gasteiger partial charge in [-0.1, -0.05) is 41.7 Å². The molecule has 1 atom stereocenters. The first-order valence-corrected chi connectivity index (χ1v) is 10.5. The Balaban J connectivity index is 1.97. The van der Waals surface area contributed by atoms with Crippen molar-refractivity contribution >= 4 is 23.4 Å². The maximum Gasteiger partial charge on any atom is 0.338 e. The number of esters is 1. The number of hydrogen-bond donors (Lipinski definition) is 0. The van der Waals surface area contributed by atoms with Crippen molar-refractivity contribution in [1.29, 1.82) is 0 Å². The SMILES string of the molecule is CCn1ncc(C=c2sc3n(c2=O)[C@H](c2ccccc2)C(C(=O)OC)=C(C)N=3)c1C. The van der Waals surface area contributed by atoms with E-state index in [4.69, 9.17) is 4.74 Å². The van der Waals surface area contributed by atoms with Gasteiger partial charge in [-0.05, 0) is 32.4 Å². The van der Waals surface area contributed by atoms with Gasteiger partial charge in [-0.3, -0.25) is 14.0 Å². The van der Waals surface area contributed by atoms with Crippen molar-refractivity contribution in [3.8, 4) is 0 Å². The highest BCUT2D eigenvalue weighted by Gasteiger charge is 2.32. The third-order valence-electron chi connectivity index (χ3n) is 5.27. The van der Waals surface area contributed by atoms with E-state index < -0.39 is 12.0 Å². The number of nitrogens with zero attached hydrogens (tertiary/aromatic N) is 4. The van der Waals surface area contributed by atoms with Crippen LogP contribution in [0.5, 0.6) is 0 Å². The van der Waals surface area contributed by atoms with Crippen LogP contribution in [-0.4, -0.2) is 27.4 Å². The molecule has 0 saturated heterocycles. The fraction of sp³-hybridized carbons (Fsp3) is 0.273. The predicted octanol–water partition coefficient (Wildman–Crippen LogP) is 1.93. The van der Waals surface area contributed by atoms with E-state index in [1.165, 1.54) is 18.4 Å². The lowest BCUT2D eigenvalue weighted by atomic mass is 9.96. The molecule has 1 aliphatic heterocycles. The molecule has 0 N–H and O–H groups in total. The molecule has 3 heterocycles. The average Bonchev–Trinajstić information content (AvgIpc) is 3.26. The van der Waals surface area contributed by atoms with E-state index in [2.05, 4.69) is 10.1 Å². The Bertz CT molecular complexity index is 1330. The normalized spacial score (nSPS) is 16.4. The third kappa shape index (κ3) is 3.23. The largest absolute Gasteiger partial charge is 0.466 e. The number of carbonyl (C=O) groups is 1. The van der Waals surface area contributed by atoms with E-state index in [-0.39, 0.29) is 5.56 Å². The molecule has 0 aliphatic carbocycles. The van der Waals surface area contributed by atoms with E-state index in [0.29, 0.717) is 20.6 Å². The Hall–Kier alpha value is -3.26. The van der Waals surface area contributed by atoms with Crippen LogP contribution in [0.2, 0.25) is 0 Å². The van der Waals surface area contributed by atoms with Crippen LogP contribution in [0.25, 0.3) is 6.08 Å². The van der Waals surface area contributed by atoms with E-state index in [1.54, 1.807) is 17.7 Å². The molecule has 0 unspecified atom stereocenters. The van der Waals surface area contributed by atoms with Crippen LogP contribution in [-0.2, 0) is 16.1 Å². The third-order valence-corrected chi connectivity index (χ3v) is 6.25. The summed E-state index contributed by atoms with van der Waals surface area (Å²) in [6.07, 6.45) is 3.61. The fourth-order valence-corrected chi connectivity index (χ4v) is 4.74. The highest BCUT2D eigenvalue weighted by Crippen LogP contribution is 2.30. The van der Waals surface area contributed by atoms with Crippen molar-refractivity contribution in [1.82, 2.24) is 14.3 Å². The molecule has 7 nitrogen and oxygen atoms in total. The minimum atomic E-state index is -0.587. The quantitative estimate of drug-likeness (QED) is 0.602. The van der Waals surface area contributed by atoms with E-state index in [1.807, 2.05) is 54.9 Å². The zero-order chi connectivity index (χ0) is 21.4. The first-order valence-electron chi connectivity index (χ1n) is 9.64. The monoisotopic (exact) mass is 422 g/mol. The number of hydrogen-bond acceptors (Lipinski definition) is 6. The molecule has 0 bridgehead atoms. The van der Waals surface area contributed by atoms with Crippen LogP contribution in [0.1, 0.15) is 36.7 Å². The molecule has 4 rings (SSSR count). The number of allylic oxidation sites excluding steroid dienone is 1. The minimum Gasteiger partial charge on any atom is -0.466 e. The lowest BCUT2D eigenvalue weighted by Crippen LogP contribution is -2.39.